The minimum absolute atomic E-state index is 0.0294. The number of nitrogens with zero attached hydrogens (tertiary/aromatic N) is 4. The van der Waals surface area contributed by atoms with E-state index >= 15 is 0 Å². The Morgan fingerprint density at radius 2 is 1.80 bits per heavy atom. The van der Waals surface area contributed by atoms with Crippen molar-refractivity contribution in [1.82, 2.24) is 24.8 Å². The number of hydrogen-bond donors (Lipinski definition) is 3. The molecule has 0 aliphatic carbocycles. The van der Waals surface area contributed by atoms with Crippen molar-refractivity contribution in [2.24, 2.45) is 0 Å². The number of rotatable bonds is 8. The van der Waals surface area contributed by atoms with Crippen LogP contribution in [0.2, 0.25) is 0 Å². The predicted octanol–water partition coefficient (Wildman–Crippen LogP) is 1.64. The molecule has 8 heteroatoms. The van der Waals surface area contributed by atoms with Crippen LogP contribution in [0.25, 0.3) is 0 Å². The second kappa shape index (κ2) is 8.44. The zero-order chi connectivity index (χ0) is 17.3. The Labute approximate surface area is 145 Å². The Morgan fingerprint density at radius 1 is 0.960 bits per heavy atom. The van der Waals surface area contributed by atoms with Crippen LogP contribution < -0.4 is 16.0 Å². The Hall–Kier alpha value is -3.42. The van der Waals surface area contributed by atoms with Gasteiger partial charge >= 0.3 is 0 Å². The number of carbonyl (C=O) groups is 1. The number of nitrogens with one attached hydrogen (secondary N) is 3. The Morgan fingerprint density at radius 3 is 2.60 bits per heavy atom. The highest BCUT2D eigenvalue weighted by Crippen LogP contribution is 2.13. The van der Waals surface area contributed by atoms with E-state index < -0.39 is 0 Å². The van der Waals surface area contributed by atoms with Gasteiger partial charge in [0.15, 0.2) is 0 Å². The fourth-order valence-corrected chi connectivity index (χ4v) is 2.18. The first kappa shape index (κ1) is 16.4. The monoisotopic (exact) mass is 337 g/mol. The molecular weight excluding hydrogens is 318 g/mol. The van der Waals surface area contributed by atoms with Crippen LogP contribution in [0.1, 0.15) is 0 Å². The molecule has 0 fully saturated rings. The SMILES string of the molecule is O=C(Cn1cccc1)NCCNc1cc(Nc2ccccn2)ncn1. The van der Waals surface area contributed by atoms with E-state index in [9.17, 15) is 4.79 Å². The van der Waals surface area contributed by atoms with E-state index in [1.807, 2.05) is 47.3 Å². The molecule has 0 saturated carbocycles. The topological polar surface area (TPSA) is 96.8 Å². The summed E-state index contributed by atoms with van der Waals surface area (Å²) in [6.45, 7) is 1.39. The summed E-state index contributed by atoms with van der Waals surface area (Å²) in [7, 11) is 0. The van der Waals surface area contributed by atoms with E-state index in [1.54, 1.807) is 12.3 Å². The third-order valence-corrected chi connectivity index (χ3v) is 3.33. The van der Waals surface area contributed by atoms with Crippen LogP contribution in [0.5, 0.6) is 0 Å². The van der Waals surface area contributed by atoms with Gasteiger partial charge in [-0.05, 0) is 24.3 Å². The number of carbonyl (C=O) groups excluding carboxylic acids is 1. The Bertz CT molecular complexity index is 790. The van der Waals surface area contributed by atoms with Crippen LogP contribution in [0.4, 0.5) is 17.5 Å². The minimum Gasteiger partial charge on any atom is -0.368 e. The summed E-state index contributed by atoms with van der Waals surface area (Å²) >= 11 is 0. The standard InChI is InChI=1S/C17H19N7O/c25-17(12-24-9-3-4-10-24)20-8-7-19-15-11-16(22-13-21-15)23-14-5-1-2-6-18-14/h1-6,9-11,13H,7-8,12H2,(H,20,25)(H2,18,19,21,22,23). The molecule has 3 N–H and O–H groups in total. The average molecular weight is 337 g/mol. The summed E-state index contributed by atoms with van der Waals surface area (Å²) in [6.07, 6.45) is 6.89. The second-order valence-electron chi connectivity index (χ2n) is 5.26. The molecule has 0 spiro atoms. The van der Waals surface area contributed by atoms with Crippen molar-refractivity contribution in [2.45, 2.75) is 6.54 Å². The molecule has 0 saturated heterocycles. The average Bonchev–Trinajstić information content (AvgIpc) is 3.13. The van der Waals surface area contributed by atoms with Gasteiger partial charge in [0.2, 0.25) is 5.91 Å². The summed E-state index contributed by atoms with van der Waals surface area (Å²) < 4.78 is 1.82. The van der Waals surface area contributed by atoms with E-state index in [0.29, 0.717) is 37.1 Å². The van der Waals surface area contributed by atoms with Crippen LogP contribution in [-0.4, -0.2) is 38.5 Å². The fraction of sp³-hybridized carbons (Fsp3) is 0.176. The normalized spacial score (nSPS) is 10.2. The van der Waals surface area contributed by atoms with Gasteiger partial charge in [0, 0.05) is 37.7 Å². The van der Waals surface area contributed by atoms with E-state index in [2.05, 4.69) is 30.9 Å². The number of aromatic nitrogens is 4. The van der Waals surface area contributed by atoms with Crippen molar-refractivity contribution in [3.05, 3.63) is 61.3 Å². The lowest BCUT2D eigenvalue weighted by molar-refractivity contribution is -0.121. The molecule has 0 atom stereocenters. The number of hydrogen-bond acceptors (Lipinski definition) is 6. The highest BCUT2D eigenvalue weighted by atomic mass is 16.1. The number of anilines is 3. The lowest BCUT2D eigenvalue weighted by Gasteiger charge is -2.09. The zero-order valence-electron chi connectivity index (χ0n) is 13.6. The van der Waals surface area contributed by atoms with Crippen molar-refractivity contribution >= 4 is 23.4 Å². The Balaban J connectivity index is 1.42. The highest BCUT2D eigenvalue weighted by molar-refractivity contribution is 5.75. The lowest BCUT2D eigenvalue weighted by Crippen LogP contribution is -2.31. The van der Waals surface area contributed by atoms with Gasteiger partial charge in [0.1, 0.15) is 30.3 Å². The molecule has 3 aromatic rings. The maximum Gasteiger partial charge on any atom is 0.239 e. The van der Waals surface area contributed by atoms with Crippen molar-refractivity contribution in [3.8, 4) is 0 Å². The summed E-state index contributed by atoms with van der Waals surface area (Å²) in [6, 6.07) is 11.2. The van der Waals surface area contributed by atoms with Gasteiger partial charge in [-0.25, -0.2) is 15.0 Å². The van der Waals surface area contributed by atoms with Crippen LogP contribution in [0.15, 0.2) is 61.3 Å². The summed E-state index contributed by atoms with van der Waals surface area (Å²) in [5.74, 6) is 2.00. The van der Waals surface area contributed by atoms with Crippen molar-refractivity contribution in [1.29, 1.82) is 0 Å². The van der Waals surface area contributed by atoms with Crippen LogP contribution in [0, 0.1) is 0 Å². The number of amides is 1. The van der Waals surface area contributed by atoms with Crippen LogP contribution in [-0.2, 0) is 11.3 Å². The molecule has 0 aliphatic rings. The first-order chi connectivity index (χ1) is 12.3. The lowest BCUT2D eigenvalue weighted by atomic mass is 10.4. The van der Waals surface area contributed by atoms with Gasteiger partial charge in [-0.3, -0.25) is 4.79 Å². The molecule has 3 aromatic heterocycles. The number of pyridine rings is 1. The minimum atomic E-state index is -0.0294. The molecule has 0 unspecified atom stereocenters. The summed E-state index contributed by atoms with van der Waals surface area (Å²) in [5.41, 5.74) is 0. The van der Waals surface area contributed by atoms with Crippen molar-refractivity contribution in [3.63, 3.8) is 0 Å². The molecule has 25 heavy (non-hydrogen) atoms. The van der Waals surface area contributed by atoms with Gasteiger partial charge in [-0.2, -0.15) is 0 Å². The molecule has 0 radical (unpaired) electrons. The smallest absolute Gasteiger partial charge is 0.239 e. The van der Waals surface area contributed by atoms with E-state index in [1.165, 1.54) is 6.33 Å². The third kappa shape index (κ3) is 5.31. The van der Waals surface area contributed by atoms with Gasteiger partial charge < -0.3 is 20.5 Å². The first-order valence-corrected chi connectivity index (χ1v) is 7.91. The molecule has 0 aromatic carbocycles. The first-order valence-electron chi connectivity index (χ1n) is 7.91. The van der Waals surface area contributed by atoms with Crippen LogP contribution in [0.3, 0.4) is 0 Å². The zero-order valence-corrected chi connectivity index (χ0v) is 13.6. The second-order valence-corrected chi connectivity index (χ2v) is 5.26. The largest absolute Gasteiger partial charge is 0.368 e. The quantitative estimate of drug-likeness (QED) is 0.541. The van der Waals surface area contributed by atoms with Gasteiger partial charge in [-0.15, -0.1) is 0 Å². The molecule has 3 heterocycles. The van der Waals surface area contributed by atoms with Gasteiger partial charge in [0.05, 0.1) is 0 Å². The molecule has 128 valence electrons. The van der Waals surface area contributed by atoms with E-state index in [4.69, 9.17) is 0 Å². The van der Waals surface area contributed by atoms with Gasteiger partial charge in [0.25, 0.3) is 0 Å². The molecule has 0 bridgehead atoms. The Kier molecular flexibility index (Phi) is 5.55. The fourth-order valence-electron chi connectivity index (χ4n) is 2.18. The molecular formula is C17H19N7O. The summed E-state index contributed by atoms with van der Waals surface area (Å²) in [4.78, 5) is 24.3. The van der Waals surface area contributed by atoms with Gasteiger partial charge in [-0.1, -0.05) is 6.07 Å². The maximum absolute atomic E-state index is 11.8. The van der Waals surface area contributed by atoms with Crippen molar-refractivity contribution < 1.29 is 4.79 Å². The van der Waals surface area contributed by atoms with Crippen molar-refractivity contribution in [2.75, 3.05) is 23.7 Å². The van der Waals surface area contributed by atoms with E-state index in [-0.39, 0.29) is 5.91 Å². The molecule has 0 aliphatic heterocycles. The third-order valence-electron chi connectivity index (χ3n) is 3.33. The highest BCUT2D eigenvalue weighted by Gasteiger charge is 2.02. The molecule has 8 nitrogen and oxygen atoms in total. The maximum atomic E-state index is 11.8. The molecule has 3 rings (SSSR count). The van der Waals surface area contributed by atoms with Crippen LogP contribution >= 0.6 is 0 Å². The predicted molar refractivity (Wildman–Crippen MR) is 95.5 cm³/mol. The summed E-state index contributed by atoms with van der Waals surface area (Å²) in [5, 5.41) is 9.11. The van der Waals surface area contributed by atoms with E-state index in [0.717, 1.165) is 0 Å². The molecule has 1 amide bonds.